The van der Waals surface area contributed by atoms with E-state index in [1.807, 2.05) is 36.0 Å². The highest BCUT2D eigenvalue weighted by atomic mass is 16.5. The van der Waals surface area contributed by atoms with E-state index in [0.29, 0.717) is 24.8 Å². The third-order valence-electron chi connectivity index (χ3n) is 8.44. The molecule has 9 nitrogen and oxygen atoms in total. The molecule has 3 aromatic rings. The van der Waals surface area contributed by atoms with Crippen LogP contribution in [0.25, 0.3) is 10.9 Å². The summed E-state index contributed by atoms with van der Waals surface area (Å²) in [7, 11) is 3.86. The summed E-state index contributed by atoms with van der Waals surface area (Å²) >= 11 is 0. The van der Waals surface area contributed by atoms with Crippen molar-refractivity contribution >= 4 is 28.2 Å². The van der Waals surface area contributed by atoms with Crippen LogP contribution in [-0.2, 0) is 11.3 Å². The number of anilines is 2. The van der Waals surface area contributed by atoms with Gasteiger partial charge in [-0.05, 0) is 51.4 Å². The van der Waals surface area contributed by atoms with Crippen LogP contribution in [-0.4, -0.2) is 104 Å². The van der Waals surface area contributed by atoms with Gasteiger partial charge in [0.15, 0.2) is 0 Å². The molecule has 3 aliphatic heterocycles. The molecule has 2 aromatic carbocycles. The molecule has 2 saturated heterocycles. The molecule has 208 valence electrons. The summed E-state index contributed by atoms with van der Waals surface area (Å²) in [6.07, 6.45) is 1.75. The van der Waals surface area contributed by atoms with Gasteiger partial charge < -0.3 is 24.3 Å². The number of amides is 1. The second-order valence-corrected chi connectivity index (χ2v) is 11.4. The van der Waals surface area contributed by atoms with Gasteiger partial charge in [-0.2, -0.15) is 5.26 Å². The molecule has 1 aromatic heterocycles. The molecule has 2 atom stereocenters. The average molecular weight is 540 g/mol. The summed E-state index contributed by atoms with van der Waals surface area (Å²) in [6.45, 7) is 9.12. The van der Waals surface area contributed by atoms with Crippen molar-refractivity contribution < 1.29 is 9.53 Å². The van der Waals surface area contributed by atoms with Crippen molar-refractivity contribution in [1.29, 1.82) is 5.26 Å². The van der Waals surface area contributed by atoms with Crippen molar-refractivity contribution in [2.24, 2.45) is 0 Å². The van der Waals surface area contributed by atoms with Crippen LogP contribution in [0.2, 0.25) is 0 Å². The van der Waals surface area contributed by atoms with Gasteiger partial charge in [0, 0.05) is 86.4 Å². The average Bonchev–Trinajstić information content (AvgIpc) is 3.15. The molecule has 9 heteroatoms. The zero-order valence-electron chi connectivity index (χ0n) is 23.6. The molecule has 0 bridgehead atoms. The van der Waals surface area contributed by atoms with Gasteiger partial charge in [-0.25, -0.2) is 0 Å². The lowest BCUT2D eigenvalue weighted by Gasteiger charge is -2.45. The minimum atomic E-state index is 0.194. The summed E-state index contributed by atoms with van der Waals surface area (Å²) in [4.78, 5) is 28.2. The van der Waals surface area contributed by atoms with Crippen LogP contribution in [0.15, 0.2) is 48.7 Å². The number of nitrogens with zero attached hydrogens (tertiary/aromatic N) is 7. The molecule has 6 rings (SSSR count). The Bertz CT molecular complexity index is 1440. The van der Waals surface area contributed by atoms with Crippen LogP contribution in [0.1, 0.15) is 18.1 Å². The third kappa shape index (κ3) is 5.05. The predicted molar refractivity (Wildman–Crippen MR) is 157 cm³/mol. The van der Waals surface area contributed by atoms with Crippen LogP contribution in [0.5, 0.6) is 5.75 Å². The monoisotopic (exact) mass is 539 g/mol. The normalized spacial score (nSPS) is 21.4. The Balaban J connectivity index is 1.16. The lowest BCUT2D eigenvalue weighted by Crippen LogP contribution is -2.58. The third-order valence-corrected chi connectivity index (χ3v) is 8.44. The highest BCUT2D eigenvalue weighted by Crippen LogP contribution is 2.35. The zero-order chi connectivity index (χ0) is 27.8. The van der Waals surface area contributed by atoms with Gasteiger partial charge in [-0.3, -0.25) is 14.7 Å². The highest BCUT2D eigenvalue weighted by molar-refractivity contribution is 5.95. The molecular weight excluding hydrogens is 502 g/mol. The number of carbonyl (C=O) groups is 1. The first kappa shape index (κ1) is 26.4. The van der Waals surface area contributed by atoms with Crippen LogP contribution >= 0.6 is 0 Å². The maximum absolute atomic E-state index is 12.5. The molecule has 3 aliphatic rings. The molecule has 1 amide bonds. The molecular formula is C31H37N7O2. The van der Waals surface area contributed by atoms with Gasteiger partial charge in [-0.15, -0.1) is 0 Å². The molecule has 4 heterocycles. The van der Waals surface area contributed by atoms with Gasteiger partial charge in [-0.1, -0.05) is 6.07 Å². The fourth-order valence-corrected chi connectivity index (χ4v) is 6.34. The van der Waals surface area contributed by atoms with Gasteiger partial charge in [0.2, 0.25) is 5.91 Å². The molecule has 0 spiro atoms. The fraction of sp³-hybridized carbons (Fsp3) is 0.452. The Kier molecular flexibility index (Phi) is 7.22. The number of fused-ring (bicyclic) bond motifs is 3. The first-order valence-electron chi connectivity index (χ1n) is 14.1. The van der Waals surface area contributed by atoms with Crippen molar-refractivity contribution in [2.45, 2.75) is 25.6 Å². The first-order chi connectivity index (χ1) is 19.4. The number of pyridine rings is 1. The van der Waals surface area contributed by atoms with Crippen molar-refractivity contribution in [3.05, 3.63) is 59.8 Å². The summed E-state index contributed by atoms with van der Waals surface area (Å²) in [5.41, 5.74) is 4.87. The van der Waals surface area contributed by atoms with E-state index < -0.39 is 0 Å². The van der Waals surface area contributed by atoms with E-state index >= 15 is 0 Å². The van der Waals surface area contributed by atoms with Crippen LogP contribution in [0.3, 0.4) is 0 Å². The highest BCUT2D eigenvalue weighted by Gasteiger charge is 2.36. The number of likely N-dealkylation sites (N-methyl/N-ethyl adjacent to an activating group) is 1. The van der Waals surface area contributed by atoms with Crippen LogP contribution in [0, 0.1) is 11.3 Å². The Hall–Kier alpha value is -3.87. The molecule has 0 unspecified atom stereocenters. The predicted octanol–water partition coefficient (Wildman–Crippen LogP) is 2.79. The zero-order valence-corrected chi connectivity index (χ0v) is 23.6. The van der Waals surface area contributed by atoms with E-state index in [-0.39, 0.29) is 11.9 Å². The number of aromatic nitrogens is 1. The molecule has 40 heavy (non-hydrogen) atoms. The number of hydrogen-bond acceptors (Lipinski definition) is 8. The number of benzene rings is 2. The summed E-state index contributed by atoms with van der Waals surface area (Å²) < 4.78 is 6.49. The second kappa shape index (κ2) is 11.0. The van der Waals surface area contributed by atoms with Gasteiger partial charge in [0.05, 0.1) is 23.7 Å². The van der Waals surface area contributed by atoms with Crippen molar-refractivity contribution in [1.82, 2.24) is 19.7 Å². The van der Waals surface area contributed by atoms with Gasteiger partial charge in [0.25, 0.3) is 0 Å². The molecule has 0 radical (unpaired) electrons. The number of ether oxygens (including phenoxy) is 1. The standard InChI is InChI=1S/C31H37N7O2/c1-22-17-37(28-9-7-23(16-32)31-27(28)5-4-10-33-31)19-26-21-40-29-15-25(8-6-24(29)18-38(22)26)35-11-13-36(14-12-35)30(39)20-34(2)3/h4-10,15,22,26H,11-14,17-21H2,1-3H3/t22-,26-/m1/s1. The number of rotatable bonds is 4. The van der Waals surface area contributed by atoms with Crippen LogP contribution in [0.4, 0.5) is 11.4 Å². The minimum Gasteiger partial charge on any atom is -0.491 e. The Labute approximate surface area is 236 Å². The quantitative estimate of drug-likeness (QED) is 0.501. The molecule has 0 N–H and O–H groups in total. The summed E-state index contributed by atoms with van der Waals surface area (Å²) in [5.74, 6) is 1.16. The number of hydrogen-bond donors (Lipinski definition) is 0. The Morgan fingerprint density at radius 2 is 1.93 bits per heavy atom. The maximum Gasteiger partial charge on any atom is 0.236 e. The van der Waals surface area contributed by atoms with Gasteiger partial charge >= 0.3 is 0 Å². The lowest BCUT2D eigenvalue weighted by atomic mass is 10.0. The van der Waals surface area contributed by atoms with E-state index in [9.17, 15) is 10.1 Å². The fourth-order valence-electron chi connectivity index (χ4n) is 6.34. The smallest absolute Gasteiger partial charge is 0.236 e. The summed E-state index contributed by atoms with van der Waals surface area (Å²) in [6, 6.07) is 17.4. The van der Waals surface area contributed by atoms with Gasteiger partial charge in [0.1, 0.15) is 18.4 Å². The first-order valence-corrected chi connectivity index (χ1v) is 14.1. The molecule has 0 aliphatic carbocycles. The molecule has 0 saturated carbocycles. The van der Waals surface area contributed by atoms with E-state index in [1.54, 1.807) is 6.20 Å². The number of piperazine rings is 2. The Morgan fingerprint density at radius 3 is 2.70 bits per heavy atom. The number of nitriles is 1. The maximum atomic E-state index is 12.5. The minimum absolute atomic E-state index is 0.194. The van der Waals surface area contributed by atoms with Crippen molar-refractivity contribution in [2.75, 3.05) is 76.3 Å². The molecule has 2 fully saturated rings. The van der Waals surface area contributed by atoms with Crippen LogP contribution < -0.4 is 14.5 Å². The van der Waals surface area contributed by atoms with E-state index in [2.05, 4.69) is 63.0 Å². The van der Waals surface area contributed by atoms with E-state index in [1.165, 1.54) is 5.56 Å². The second-order valence-electron chi connectivity index (χ2n) is 11.4. The largest absolute Gasteiger partial charge is 0.491 e. The van der Waals surface area contributed by atoms with E-state index in [0.717, 1.165) is 73.8 Å². The Morgan fingerprint density at radius 1 is 1.10 bits per heavy atom. The van der Waals surface area contributed by atoms with Crippen molar-refractivity contribution in [3.8, 4) is 11.8 Å². The lowest BCUT2D eigenvalue weighted by molar-refractivity contribution is -0.132. The number of carbonyl (C=O) groups excluding carboxylic acids is 1. The van der Waals surface area contributed by atoms with E-state index in [4.69, 9.17) is 4.74 Å². The summed E-state index contributed by atoms with van der Waals surface area (Å²) in [5, 5.41) is 10.6. The SMILES string of the molecule is C[C@@H]1CN(c2ccc(C#N)c3ncccc23)C[C@@H]2COc3cc(N4CCN(C(=O)CN(C)C)CC4)ccc3CN21. The topological polar surface area (TPSA) is 79.2 Å². The van der Waals surface area contributed by atoms with Crippen molar-refractivity contribution in [3.63, 3.8) is 0 Å².